The quantitative estimate of drug-likeness (QED) is 0.782. The van der Waals surface area contributed by atoms with Crippen LogP contribution < -0.4 is 0 Å². The predicted octanol–water partition coefficient (Wildman–Crippen LogP) is 2.26. The molecule has 3 heterocycles. The van der Waals surface area contributed by atoms with Crippen molar-refractivity contribution in [3.05, 3.63) is 23.7 Å². The van der Waals surface area contributed by atoms with Crippen molar-refractivity contribution in [3.8, 4) is 0 Å². The Morgan fingerprint density at radius 3 is 2.94 bits per heavy atom. The van der Waals surface area contributed by atoms with Gasteiger partial charge in [0.25, 0.3) is 0 Å². The molecule has 0 radical (unpaired) electrons. The highest BCUT2D eigenvalue weighted by molar-refractivity contribution is 5.05. The van der Waals surface area contributed by atoms with E-state index < -0.39 is 0 Å². The van der Waals surface area contributed by atoms with E-state index in [0.29, 0.717) is 0 Å². The summed E-state index contributed by atoms with van der Waals surface area (Å²) < 4.78 is 5.68. The van der Waals surface area contributed by atoms with Gasteiger partial charge in [-0.2, -0.15) is 0 Å². The first-order valence-corrected chi connectivity index (χ1v) is 6.83. The molecule has 2 saturated heterocycles. The molecule has 0 saturated carbocycles. The summed E-state index contributed by atoms with van der Waals surface area (Å²) in [6.07, 6.45) is 4.07. The zero-order valence-electron chi connectivity index (χ0n) is 10.7. The summed E-state index contributed by atoms with van der Waals surface area (Å²) in [5.41, 5.74) is 0. The van der Waals surface area contributed by atoms with Gasteiger partial charge in [-0.1, -0.05) is 0 Å². The molecule has 1 aromatic heterocycles. The highest BCUT2D eigenvalue weighted by atomic mass is 16.3. The highest BCUT2D eigenvalue weighted by Crippen LogP contribution is 2.22. The minimum atomic E-state index is 0.800. The first-order chi connectivity index (χ1) is 8.31. The average Bonchev–Trinajstić information content (AvgIpc) is 2.85. The number of fused-ring (bicyclic) bond motifs is 1. The lowest BCUT2D eigenvalue weighted by Crippen LogP contribution is -2.36. The molecule has 3 heteroatoms. The van der Waals surface area contributed by atoms with Crippen molar-refractivity contribution in [3.63, 3.8) is 0 Å². The number of hydrogen-bond acceptors (Lipinski definition) is 3. The Bertz CT molecular complexity index is 374. The number of rotatable bonds is 2. The Kier molecular flexibility index (Phi) is 3.21. The van der Waals surface area contributed by atoms with Gasteiger partial charge in [0.2, 0.25) is 0 Å². The van der Waals surface area contributed by atoms with E-state index in [-0.39, 0.29) is 0 Å². The first-order valence-electron chi connectivity index (χ1n) is 6.83. The number of hydrogen-bond donors (Lipinski definition) is 0. The fraction of sp³-hybridized carbons (Fsp3) is 0.714. The van der Waals surface area contributed by atoms with Crippen LogP contribution in [0.1, 0.15) is 30.8 Å². The maximum absolute atomic E-state index is 5.68. The van der Waals surface area contributed by atoms with Crippen LogP contribution in [0.3, 0.4) is 0 Å². The summed E-state index contributed by atoms with van der Waals surface area (Å²) in [5.74, 6) is 2.14. The van der Waals surface area contributed by atoms with Gasteiger partial charge in [-0.05, 0) is 58.0 Å². The molecule has 0 spiro atoms. The largest absolute Gasteiger partial charge is 0.465 e. The van der Waals surface area contributed by atoms with Crippen LogP contribution in [0.25, 0.3) is 0 Å². The zero-order valence-corrected chi connectivity index (χ0v) is 10.7. The number of nitrogens with zero attached hydrogens (tertiary/aromatic N) is 2. The standard InChI is InChI=1S/C14H22N2O/c1-12-5-6-14(17-12)11-15-7-3-9-16-8-2-4-13(16)10-15/h5-6,13H,2-4,7-11H2,1H3. The molecule has 3 nitrogen and oxygen atoms in total. The van der Waals surface area contributed by atoms with Crippen LogP contribution in [0.2, 0.25) is 0 Å². The van der Waals surface area contributed by atoms with E-state index in [1.165, 1.54) is 45.4 Å². The number of aryl methyl sites for hydroxylation is 1. The van der Waals surface area contributed by atoms with Crippen molar-refractivity contribution in [2.24, 2.45) is 0 Å². The third kappa shape index (κ3) is 2.55. The molecule has 1 atom stereocenters. The molecule has 3 rings (SSSR count). The molecule has 17 heavy (non-hydrogen) atoms. The van der Waals surface area contributed by atoms with Gasteiger partial charge in [0.1, 0.15) is 11.5 Å². The Balaban J connectivity index is 1.63. The fourth-order valence-corrected chi connectivity index (χ4v) is 3.22. The Hall–Kier alpha value is -0.800. The minimum absolute atomic E-state index is 0.800. The molecule has 1 unspecified atom stereocenters. The monoisotopic (exact) mass is 234 g/mol. The van der Waals surface area contributed by atoms with Gasteiger partial charge in [-0.15, -0.1) is 0 Å². The van der Waals surface area contributed by atoms with Crippen LogP contribution in [0.4, 0.5) is 0 Å². The topological polar surface area (TPSA) is 19.6 Å². The lowest BCUT2D eigenvalue weighted by molar-refractivity contribution is 0.204. The summed E-state index contributed by atoms with van der Waals surface area (Å²) in [6, 6.07) is 4.98. The van der Waals surface area contributed by atoms with Crippen molar-refractivity contribution >= 4 is 0 Å². The molecule has 2 fully saturated rings. The third-order valence-electron chi connectivity index (χ3n) is 4.06. The summed E-state index contributed by atoms with van der Waals surface area (Å²) in [7, 11) is 0. The molecule has 2 aliphatic rings. The summed E-state index contributed by atoms with van der Waals surface area (Å²) >= 11 is 0. The second-order valence-electron chi connectivity index (χ2n) is 5.43. The highest BCUT2D eigenvalue weighted by Gasteiger charge is 2.28. The lowest BCUT2D eigenvalue weighted by Gasteiger charge is -2.24. The maximum atomic E-state index is 5.68. The van der Waals surface area contributed by atoms with Crippen molar-refractivity contribution in [1.29, 1.82) is 0 Å². The molecule has 94 valence electrons. The van der Waals surface area contributed by atoms with Crippen molar-refractivity contribution < 1.29 is 4.42 Å². The lowest BCUT2D eigenvalue weighted by atomic mass is 10.2. The van der Waals surface area contributed by atoms with E-state index in [9.17, 15) is 0 Å². The smallest absolute Gasteiger partial charge is 0.118 e. The van der Waals surface area contributed by atoms with Gasteiger partial charge in [0.05, 0.1) is 6.54 Å². The zero-order chi connectivity index (χ0) is 11.7. The van der Waals surface area contributed by atoms with E-state index in [1.807, 2.05) is 6.92 Å². The molecule has 0 aromatic carbocycles. The van der Waals surface area contributed by atoms with Gasteiger partial charge >= 0.3 is 0 Å². The molecule has 0 amide bonds. The predicted molar refractivity (Wildman–Crippen MR) is 67.9 cm³/mol. The Morgan fingerprint density at radius 1 is 1.24 bits per heavy atom. The van der Waals surface area contributed by atoms with E-state index in [2.05, 4.69) is 21.9 Å². The molecular weight excluding hydrogens is 212 g/mol. The van der Waals surface area contributed by atoms with Gasteiger partial charge in [0.15, 0.2) is 0 Å². The third-order valence-corrected chi connectivity index (χ3v) is 4.06. The molecule has 0 N–H and O–H groups in total. The summed E-state index contributed by atoms with van der Waals surface area (Å²) in [4.78, 5) is 5.24. The molecule has 0 aliphatic carbocycles. The van der Waals surface area contributed by atoms with E-state index in [1.54, 1.807) is 0 Å². The van der Waals surface area contributed by atoms with Gasteiger partial charge in [-0.3, -0.25) is 9.80 Å². The van der Waals surface area contributed by atoms with Crippen LogP contribution in [0.5, 0.6) is 0 Å². The first kappa shape index (κ1) is 11.3. The second kappa shape index (κ2) is 4.83. The van der Waals surface area contributed by atoms with Crippen LogP contribution in [0.15, 0.2) is 16.5 Å². The van der Waals surface area contributed by atoms with Crippen molar-refractivity contribution in [1.82, 2.24) is 9.80 Å². The average molecular weight is 234 g/mol. The minimum Gasteiger partial charge on any atom is -0.465 e. The SMILES string of the molecule is Cc1ccc(CN2CCCN3CCCC3C2)o1. The second-order valence-corrected chi connectivity index (χ2v) is 5.43. The Morgan fingerprint density at radius 2 is 2.12 bits per heavy atom. The number of furan rings is 1. The van der Waals surface area contributed by atoms with Crippen LogP contribution in [-0.2, 0) is 6.54 Å². The van der Waals surface area contributed by atoms with Crippen molar-refractivity contribution in [2.45, 2.75) is 38.8 Å². The van der Waals surface area contributed by atoms with Crippen LogP contribution >= 0.6 is 0 Å². The van der Waals surface area contributed by atoms with E-state index >= 15 is 0 Å². The van der Waals surface area contributed by atoms with Crippen molar-refractivity contribution in [2.75, 3.05) is 26.2 Å². The maximum Gasteiger partial charge on any atom is 0.118 e. The van der Waals surface area contributed by atoms with Crippen LogP contribution in [-0.4, -0.2) is 42.0 Å². The summed E-state index contributed by atoms with van der Waals surface area (Å²) in [5, 5.41) is 0. The molecule has 0 bridgehead atoms. The van der Waals surface area contributed by atoms with E-state index in [0.717, 1.165) is 24.1 Å². The molecule has 2 aliphatic heterocycles. The van der Waals surface area contributed by atoms with Gasteiger partial charge < -0.3 is 4.42 Å². The fourth-order valence-electron chi connectivity index (χ4n) is 3.22. The molecular formula is C14H22N2O. The summed E-state index contributed by atoms with van der Waals surface area (Å²) in [6.45, 7) is 8.05. The van der Waals surface area contributed by atoms with Gasteiger partial charge in [-0.25, -0.2) is 0 Å². The van der Waals surface area contributed by atoms with Gasteiger partial charge in [0, 0.05) is 12.6 Å². The Labute approximate surface area is 103 Å². The van der Waals surface area contributed by atoms with E-state index in [4.69, 9.17) is 4.42 Å². The van der Waals surface area contributed by atoms with Crippen LogP contribution in [0, 0.1) is 6.92 Å². The molecule has 1 aromatic rings. The normalized spacial score (nSPS) is 27.0.